The molecule has 0 atom stereocenters. The third-order valence-electron chi connectivity index (χ3n) is 3.36. The van der Waals surface area contributed by atoms with Gasteiger partial charge in [0.25, 0.3) is 0 Å². The van der Waals surface area contributed by atoms with Gasteiger partial charge in [0.15, 0.2) is 11.5 Å². The fourth-order valence-electron chi connectivity index (χ4n) is 2.18. The summed E-state index contributed by atoms with van der Waals surface area (Å²) in [5.74, 6) is 0.492. The van der Waals surface area contributed by atoms with E-state index < -0.39 is 22.1 Å². The highest BCUT2D eigenvalue weighted by Gasteiger charge is 2.31. The number of hydrogen-bond acceptors (Lipinski definition) is 5. The van der Waals surface area contributed by atoms with Crippen LogP contribution in [0.5, 0.6) is 17.2 Å². The minimum atomic E-state index is -4.84. The molecule has 0 saturated heterocycles. The Morgan fingerprint density at radius 3 is 2.26 bits per heavy atom. The molecule has 0 aliphatic carbocycles. The maximum Gasteiger partial charge on any atom is 0.573 e. The summed E-state index contributed by atoms with van der Waals surface area (Å²) in [4.78, 5) is -0.185. The second-order valence-electron chi connectivity index (χ2n) is 5.26. The van der Waals surface area contributed by atoms with Gasteiger partial charge in [-0.3, -0.25) is 0 Å². The van der Waals surface area contributed by atoms with E-state index in [0.717, 1.165) is 24.3 Å². The summed E-state index contributed by atoms with van der Waals surface area (Å²) in [6.07, 6.45) is -4.84. The molecule has 6 nitrogen and oxygen atoms in total. The van der Waals surface area contributed by atoms with Crippen molar-refractivity contribution in [2.75, 3.05) is 13.7 Å². The van der Waals surface area contributed by atoms with E-state index in [1.54, 1.807) is 18.2 Å². The van der Waals surface area contributed by atoms with E-state index >= 15 is 0 Å². The molecule has 0 aromatic heterocycles. The van der Waals surface area contributed by atoms with Crippen LogP contribution >= 0.6 is 0 Å². The Labute approximate surface area is 154 Å². The summed E-state index contributed by atoms with van der Waals surface area (Å²) in [7, 11) is -2.45. The van der Waals surface area contributed by atoms with Gasteiger partial charge in [-0.05, 0) is 48.9 Å². The molecule has 27 heavy (non-hydrogen) atoms. The smallest absolute Gasteiger partial charge is 0.493 e. The van der Waals surface area contributed by atoms with E-state index in [0.29, 0.717) is 23.7 Å². The molecule has 10 heteroatoms. The van der Waals surface area contributed by atoms with Gasteiger partial charge < -0.3 is 14.2 Å². The molecule has 0 saturated carbocycles. The highest BCUT2D eigenvalue weighted by molar-refractivity contribution is 7.89. The normalized spacial score (nSPS) is 11.9. The molecule has 148 valence electrons. The van der Waals surface area contributed by atoms with E-state index in [2.05, 4.69) is 9.46 Å². The van der Waals surface area contributed by atoms with Crippen LogP contribution in [-0.4, -0.2) is 28.5 Å². The Balaban J connectivity index is 2.08. The van der Waals surface area contributed by atoms with Crippen molar-refractivity contribution in [2.45, 2.75) is 24.7 Å². The summed E-state index contributed by atoms with van der Waals surface area (Å²) < 4.78 is 77.7. The van der Waals surface area contributed by atoms with Crippen LogP contribution in [0.2, 0.25) is 0 Å². The second-order valence-corrected chi connectivity index (χ2v) is 7.03. The Morgan fingerprint density at radius 1 is 1.04 bits per heavy atom. The number of alkyl halides is 3. The van der Waals surface area contributed by atoms with Crippen LogP contribution in [0.4, 0.5) is 13.2 Å². The Morgan fingerprint density at radius 2 is 1.70 bits per heavy atom. The van der Waals surface area contributed by atoms with Gasteiger partial charge in [0, 0.05) is 6.54 Å². The minimum absolute atomic E-state index is 0.0358. The topological polar surface area (TPSA) is 73.9 Å². The van der Waals surface area contributed by atoms with Gasteiger partial charge in [0.2, 0.25) is 10.0 Å². The molecule has 2 aromatic rings. The van der Waals surface area contributed by atoms with Gasteiger partial charge in [-0.1, -0.05) is 6.07 Å². The molecule has 0 aliphatic rings. The number of benzene rings is 2. The SMILES string of the molecule is CCOc1ccc(CNS(=O)(=O)c2ccc(OC(F)(F)F)cc2)cc1OC. The van der Waals surface area contributed by atoms with E-state index in [1.165, 1.54) is 7.11 Å². The third-order valence-corrected chi connectivity index (χ3v) is 4.78. The number of hydrogen-bond donors (Lipinski definition) is 1. The Bertz CT molecular complexity index is 867. The lowest BCUT2D eigenvalue weighted by molar-refractivity contribution is -0.274. The van der Waals surface area contributed by atoms with E-state index in [4.69, 9.17) is 9.47 Å². The Hall–Kier alpha value is -2.46. The molecule has 0 fully saturated rings. The van der Waals surface area contributed by atoms with E-state index in [9.17, 15) is 21.6 Å². The van der Waals surface area contributed by atoms with Crippen molar-refractivity contribution in [3.05, 3.63) is 48.0 Å². The lowest BCUT2D eigenvalue weighted by Gasteiger charge is -2.12. The van der Waals surface area contributed by atoms with Crippen LogP contribution in [0.3, 0.4) is 0 Å². The number of ether oxygens (including phenoxy) is 3. The number of rotatable bonds is 8. The van der Waals surface area contributed by atoms with E-state index in [1.807, 2.05) is 6.92 Å². The molecule has 2 aromatic carbocycles. The zero-order valence-corrected chi connectivity index (χ0v) is 15.4. The standard InChI is InChI=1S/C17H18F3NO5S/c1-3-25-15-9-4-12(10-16(15)24-2)11-21-27(22,23)14-7-5-13(6-8-14)26-17(18,19)20/h4-10,21H,3,11H2,1-2H3. The number of nitrogens with one attached hydrogen (secondary N) is 1. The molecule has 1 N–H and O–H groups in total. The predicted molar refractivity (Wildman–Crippen MR) is 91.3 cm³/mol. The molecule has 0 radical (unpaired) electrons. The van der Waals surface area contributed by atoms with Crippen molar-refractivity contribution < 1.29 is 35.8 Å². The summed E-state index contributed by atoms with van der Waals surface area (Å²) in [6.45, 7) is 2.24. The molecular formula is C17H18F3NO5S. The van der Waals surface area contributed by atoms with Crippen LogP contribution in [0.1, 0.15) is 12.5 Å². The monoisotopic (exact) mass is 405 g/mol. The number of methoxy groups -OCH3 is 1. The molecule has 0 heterocycles. The first kappa shape index (κ1) is 20.8. The quantitative estimate of drug-likeness (QED) is 0.728. The molecule has 0 spiro atoms. The maximum absolute atomic E-state index is 12.3. The minimum Gasteiger partial charge on any atom is -0.493 e. The van der Waals surface area contributed by atoms with Gasteiger partial charge >= 0.3 is 6.36 Å². The van der Waals surface area contributed by atoms with Crippen LogP contribution in [-0.2, 0) is 16.6 Å². The second kappa shape index (κ2) is 8.49. The van der Waals surface area contributed by atoms with Crippen molar-refractivity contribution in [1.82, 2.24) is 4.72 Å². The summed E-state index contributed by atoms with van der Waals surface area (Å²) in [6, 6.07) is 8.90. The van der Waals surface area contributed by atoms with Crippen molar-refractivity contribution in [3.8, 4) is 17.2 Å². The van der Waals surface area contributed by atoms with Crippen molar-refractivity contribution in [2.24, 2.45) is 0 Å². The van der Waals surface area contributed by atoms with E-state index in [-0.39, 0.29) is 11.4 Å². The van der Waals surface area contributed by atoms with Crippen molar-refractivity contribution >= 4 is 10.0 Å². The summed E-state index contributed by atoms with van der Waals surface area (Å²) >= 11 is 0. The average Bonchev–Trinajstić information content (AvgIpc) is 2.60. The number of halogens is 3. The lowest BCUT2D eigenvalue weighted by Crippen LogP contribution is -2.23. The maximum atomic E-state index is 12.3. The molecule has 0 aliphatic heterocycles. The zero-order valence-electron chi connectivity index (χ0n) is 14.5. The molecular weight excluding hydrogens is 387 g/mol. The highest BCUT2D eigenvalue weighted by Crippen LogP contribution is 2.28. The molecule has 0 unspecified atom stereocenters. The fraction of sp³-hybridized carbons (Fsp3) is 0.294. The van der Waals surface area contributed by atoms with Crippen LogP contribution in [0.25, 0.3) is 0 Å². The largest absolute Gasteiger partial charge is 0.573 e. The molecule has 0 bridgehead atoms. The predicted octanol–water partition coefficient (Wildman–Crippen LogP) is 3.47. The van der Waals surface area contributed by atoms with Gasteiger partial charge in [-0.2, -0.15) is 0 Å². The van der Waals surface area contributed by atoms with Gasteiger partial charge in [0.05, 0.1) is 18.6 Å². The van der Waals surface area contributed by atoms with Crippen molar-refractivity contribution in [1.29, 1.82) is 0 Å². The summed E-state index contributed by atoms with van der Waals surface area (Å²) in [5, 5.41) is 0. The first-order valence-corrected chi connectivity index (χ1v) is 9.28. The van der Waals surface area contributed by atoms with Gasteiger partial charge in [-0.15, -0.1) is 13.2 Å². The third kappa shape index (κ3) is 6.04. The van der Waals surface area contributed by atoms with Crippen LogP contribution in [0.15, 0.2) is 47.4 Å². The highest BCUT2D eigenvalue weighted by atomic mass is 32.2. The summed E-state index contributed by atoms with van der Waals surface area (Å²) in [5.41, 5.74) is 0.621. The van der Waals surface area contributed by atoms with Gasteiger partial charge in [0.1, 0.15) is 5.75 Å². The zero-order chi connectivity index (χ0) is 20.1. The average molecular weight is 405 g/mol. The van der Waals surface area contributed by atoms with Gasteiger partial charge in [-0.25, -0.2) is 13.1 Å². The molecule has 0 amide bonds. The first-order valence-electron chi connectivity index (χ1n) is 7.80. The lowest BCUT2D eigenvalue weighted by atomic mass is 10.2. The van der Waals surface area contributed by atoms with Crippen molar-refractivity contribution in [3.63, 3.8) is 0 Å². The number of sulfonamides is 1. The molecule has 2 rings (SSSR count). The fourth-order valence-corrected chi connectivity index (χ4v) is 3.20. The first-order chi connectivity index (χ1) is 12.6. The Kier molecular flexibility index (Phi) is 6.55. The van der Waals surface area contributed by atoms with Crippen LogP contribution < -0.4 is 18.9 Å². The van der Waals surface area contributed by atoms with Crippen LogP contribution in [0, 0.1) is 0 Å².